The van der Waals surface area contributed by atoms with Crippen LogP contribution in [0.3, 0.4) is 0 Å². The Morgan fingerprint density at radius 2 is 1.82 bits per heavy atom. The van der Waals surface area contributed by atoms with Gasteiger partial charge in [0.2, 0.25) is 5.88 Å². The van der Waals surface area contributed by atoms with Crippen molar-refractivity contribution in [1.29, 1.82) is 5.26 Å². The number of rotatable bonds is 7. The van der Waals surface area contributed by atoms with Gasteiger partial charge in [-0.25, -0.2) is 9.18 Å². The van der Waals surface area contributed by atoms with Gasteiger partial charge in [-0.15, -0.1) is 0 Å². The number of halogens is 1. The minimum Gasteiger partial charge on any atom is -0.494 e. The second-order valence-corrected chi connectivity index (χ2v) is 7.76. The van der Waals surface area contributed by atoms with E-state index in [4.69, 9.17) is 19.9 Å². The van der Waals surface area contributed by atoms with Crippen LogP contribution in [0.5, 0.6) is 17.2 Å². The predicted octanol–water partition coefficient (Wildman–Crippen LogP) is 5.44. The molecule has 0 fully saturated rings. The number of fused-ring (bicyclic) bond motifs is 1. The van der Waals surface area contributed by atoms with Gasteiger partial charge in [0.05, 0.1) is 18.1 Å². The van der Waals surface area contributed by atoms with Crippen LogP contribution in [-0.2, 0) is 0 Å². The van der Waals surface area contributed by atoms with Gasteiger partial charge in [0.15, 0.2) is 0 Å². The van der Waals surface area contributed by atoms with Crippen LogP contribution in [0.2, 0.25) is 0 Å². The van der Waals surface area contributed by atoms with Crippen molar-refractivity contribution in [2.75, 3.05) is 6.61 Å². The fourth-order valence-corrected chi connectivity index (χ4v) is 3.72. The molecular weight excluding hydrogens is 435 g/mol. The Hall–Kier alpha value is -4.31. The van der Waals surface area contributed by atoms with Crippen molar-refractivity contribution in [2.45, 2.75) is 25.7 Å². The maximum Gasteiger partial charge on any atom is 0.343 e. The van der Waals surface area contributed by atoms with E-state index >= 15 is 0 Å². The number of carbonyl (C=O) groups excluding carboxylic acids is 1. The number of nitrogens with zero attached hydrogens (tertiary/aromatic N) is 1. The molecule has 1 heterocycles. The number of carbonyl (C=O) groups is 1. The molecule has 0 unspecified atom stereocenters. The molecule has 0 aliphatic carbocycles. The molecular formula is C27H23FN2O4. The molecule has 7 heteroatoms. The Kier molecular flexibility index (Phi) is 6.79. The minimum absolute atomic E-state index is 0.114. The van der Waals surface area contributed by atoms with E-state index in [1.54, 1.807) is 54.6 Å². The molecule has 1 atom stereocenters. The fraction of sp³-hybridized carbons (Fsp3) is 0.185. The maximum atomic E-state index is 14.6. The van der Waals surface area contributed by atoms with E-state index in [2.05, 4.69) is 6.92 Å². The smallest absolute Gasteiger partial charge is 0.343 e. The summed E-state index contributed by atoms with van der Waals surface area (Å²) in [7, 11) is 0. The molecule has 0 radical (unpaired) electrons. The Balaban J connectivity index is 1.56. The van der Waals surface area contributed by atoms with Crippen molar-refractivity contribution in [2.24, 2.45) is 5.73 Å². The first-order valence-corrected chi connectivity index (χ1v) is 10.9. The summed E-state index contributed by atoms with van der Waals surface area (Å²) in [6, 6.07) is 19.6. The number of benzene rings is 3. The first-order valence-electron chi connectivity index (χ1n) is 10.9. The molecule has 3 aromatic carbocycles. The minimum atomic E-state index is -0.736. The Labute approximate surface area is 197 Å². The van der Waals surface area contributed by atoms with Crippen LogP contribution in [0.25, 0.3) is 0 Å². The number of nitriles is 1. The molecule has 1 aliphatic rings. The summed E-state index contributed by atoms with van der Waals surface area (Å²) >= 11 is 0. The largest absolute Gasteiger partial charge is 0.494 e. The van der Waals surface area contributed by atoms with Gasteiger partial charge in [0.25, 0.3) is 0 Å². The van der Waals surface area contributed by atoms with Gasteiger partial charge in [0.1, 0.15) is 34.7 Å². The zero-order chi connectivity index (χ0) is 24.1. The molecule has 0 amide bonds. The van der Waals surface area contributed by atoms with Crippen LogP contribution >= 0.6 is 0 Å². The summed E-state index contributed by atoms with van der Waals surface area (Å²) in [6.45, 7) is 2.70. The van der Waals surface area contributed by atoms with Crippen LogP contribution in [0.4, 0.5) is 4.39 Å². The standard InChI is InChI=1S/C27H23FN2O4/c1-2-3-14-32-18-10-8-17(9-11-18)27(31)33-19-12-13-21-24(15-19)34-26(30)22(16-29)25(21)20-6-4-5-7-23(20)28/h4-13,15,25H,2-3,14,30H2,1H3/t25-/m1/s1. The summed E-state index contributed by atoms with van der Waals surface area (Å²) < 4.78 is 31.3. The lowest BCUT2D eigenvalue weighted by molar-refractivity contribution is 0.0734. The molecule has 0 bridgehead atoms. The van der Waals surface area contributed by atoms with Crippen molar-refractivity contribution in [3.8, 4) is 23.3 Å². The van der Waals surface area contributed by atoms with Crippen molar-refractivity contribution in [3.63, 3.8) is 0 Å². The van der Waals surface area contributed by atoms with E-state index in [1.807, 2.05) is 6.07 Å². The van der Waals surface area contributed by atoms with Crippen LogP contribution in [0.1, 0.15) is 47.2 Å². The summed E-state index contributed by atoms with van der Waals surface area (Å²) in [4.78, 5) is 12.6. The lowest BCUT2D eigenvalue weighted by Gasteiger charge is -2.27. The van der Waals surface area contributed by atoms with Crippen LogP contribution in [0.15, 0.2) is 78.2 Å². The molecule has 2 N–H and O–H groups in total. The lowest BCUT2D eigenvalue weighted by Crippen LogP contribution is -2.21. The third kappa shape index (κ3) is 4.71. The maximum absolute atomic E-state index is 14.6. The SMILES string of the molecule is CCCCOc1ccc(C(=O)Oc2ccc3c(c2)OC(N)=C(C#N)[C@@H]3c2ccccc2F)cc1. The number of nitrogens with two attached hydrogens (primary N) is 1. The van der Waals surface area contributed by atoms with Crippen LogP contribution in [-0.4, -0.2) is 12.6 Å². The number of esters is 1. The van der Waals surface area contributed by atoms with E-state index in [-0.39, 0.29) is 23.0 Å². The number of hydrogen-bond acceptors (Lipinski definition) is 6. The summed E-state index contributed by atoms with van der Waals surface area (Å²) in [5.74, 6) is -0.671. The van der Waals surface area contributed by atoms with Gasteiger partial charge in [-0.05, 0) is 42.8 Å². The summed E-state index contributed by atoms with van der Waals surface area (Å²) in [5.41, 5.74) is 7.30. The van der Waals surface area contributed by atoms with Gasteiger partial charge in [-0.1, -0.05) is 37.6 Å². The molecule has 0 saturated carbocycles. The molecule has 0 saturated heterocycles. The predicted molar refractivity (Wildman–Crippen MR) is 124 cm³/mol. The molecule has 6 nitrogen and oxygen atoms in total. The zero-order valence-electron chi connectivity index (χ0n) is 18.6. The van der Waals surface area contributed by atoms with E-state index < -0.39 is 17.7 Å². The third-order valence-corrected chi connectivity index (χ3v) is 5.47. The van der Waals surface area contributed by atoms with Gasteiger partial charge < -0.3 is 19.9 Å². The van der Waals surface area contributed by atoms with Crippen LogP contribution in [0, 0.1) is 17.1 Å². The van der Waals surface area contributed by atoms with Crippen molar-refractivity contribution in [1.82, 2.24) is 0 Å². The van der Waals surface area contributed by atoms with Gasteiger partial charge >= 0.3 is 5.97 Å². The Morgan fingerprint density at radius 3 is 2.53 bits per heavy atom. The molecule has 172 valence electrons. The molecule has 34 heavy (non-hydrogen) atoms. The van der Waals surface area contributed by atoms with Crippen molar-refractivity contribution < 1.29 is 23.4 Å². The average Bonchev–Trinajstić information content (AvgIpc) is 2.84. The zero-order valence-corrected chi connectivity index (χ0v) is 18.6. The summed E-state index contributed by atoms with van der Waals surface area (Å²) in [5, 5.41) is 9.62. The number of unbranched alkanes of at least 4 members (excludes halogenated alkanes) is 1. The monoisotopic (exact) mass is 458 g/mol. The normalized spacial score (nSPS) is 14.6. The van der Waals surface area contributed by atoms with Gasteiger partial charge in [0, 0.05) is 17.2 Å². The Bertz CT molecular complexity index is 1280. The van der Waals surface area contributed by atoms with Gasteiger partial charge in [-0.3, -0.25) is 0 Å². The quantitative estimate of drug-likeness (QED) is 0.288. The molecule has 1 aliphatic heterocycles. The highest BCUT2D eigenvalue weighted by Gasteiger charge is 2.32. The van der Waals surface area contributed by atoms with Crippen molar-refractivity contribution in [3.05, 3.63) is 101 Å². The van der Waals surface area contributed by atoms with E-state index in [0.29, 0.717) is 29.0 Å². The van der Waals surface area contributed by atoms with E-state index in [0.717, 1.165) is 12.8 Å². The van der Waals surface area contributed by atoms with E-state index in [1.165, 1.54) is 12.1 Å². The van der Waals surface area contributed by atoms with Crippen LogP contribution < -0.4 is 19.9 Å². The first kappa shape index (κ1) is 22.9. The highest BCUT2D eigenvalue weighted by molar-refractivity contribution is 5.91. The molecule has 4 rings (SSSR count). The second kappa shape index (κ2) is 10.1. The fourth-order valence-electron chi connectivity index (χ4n) is 3.72. The number of allylic oxidation sites excluding steroid dienone is 1. The van der Waals surface area contributed by atoms with Crippen molar-refractivity contribution >= 4 is 5.97 Å². The van der Waals surface area contributed by atoms with Gasteiger partial charge in [-0.2, -0.15) is 5.26 Å². The topological polar surface area (TPSA) is 94.6 Å². The highest BCUT2D eigenvalue weighted by Crippen LogP contribution is 2.44. The molecule has 3 aromatic rings. The second-order valence-electron chi connectivity index (χ2n) is 7.76. The number of hydrogen-bond donors (Lipinski definition) is 1. The first-order chi connectivity index (χ1) is 16.5. The summed E-state index contributed by atoms with van der Waals surface area (Å²) in [6.07, 6.45) is 1.99. The number of ether oxygens (including phenoxy) is 3. The molecule has 0 aromatic heterocycles. The molecule has 0 spiro atoms. The highest BCUT2D eigenvalue weighted by atomic mass is 19.1. The average molecular weight is 458 g/mol. The van der Waals surface area contributed by atoms with E-state index in [9.17, 15) is 14.4 Å². The lowest BCUT2D eigenvalue weighted by atomic mass is 9.83. The third-order valence-electron chi connectivity index (χ3n) is 5.47. The Morgan fingerprint density at radius 1 is 1.09 bits per heavy atom.